The van der Waals surface area contributed by atoms with Gasteiger partial charge >= 0.3 is 6.03 Å². The lowest BCUT2D eigenvalue weighted by molar-refractivity contribution is -0.146. The zero-order valence-electron chi connectivity index (χ0n) is 43.0. The number of carbonyl (C=O) groups is 4. The molecule has 10 rings (SSSR count). The van der Waals surface area contributed by atoms with Crippen LogP contribution in [0.4, 0.5) is 28.2 Å². The van der Waals surface area contributed by atoms with Crippen molar-refractivity contribution in [1.82, 2.24) is 30.2 Å². The number of amides is 5. The zero-order chi connectivity index (χ0) is 54.0. The highest BCUT2D eigenvalue weighted by atomic mass is 35.5. The number of nitrogens with one attached hydrogen (secondary N) is 2. The predicted octanol–water partition coefficient (Wildman–Crippen LogP) is 8.56. The number of ether oxygens (including phenoxy) is 2. The van der Waals surface area contributed by atoms with Crippen molar-refractivity contribution in [2.24, 2.45) is 18.7 Å². The minimum Gasteiger partial charge on any atom is -0.488 e. The van der Waals surface area contributed by atoms with Gasteiger partial charge in [-0.1, -0.05) is 48.9 Å². The molecule has 5 heterocycles. The Morgan fingerprint density at radius 3 is 2.32 bits per heavy atom. The molecule has 1 saturated carbocycles. The summed E-state index contributed by atoms with van der Waals surface area (Å²) in [7, 11) is 1.55. The maximum Gasteiger partial charge on any atom is 0.329 e. The number of primary amides is 1. The molecule has 4 aromatic carbocycles. The van der Waals surface area contributed by atoms with Crippen LogP contribution < -0.4 is 30.7 Å². The summed E-state index contributed by atoms with van der Waals surface area (Å²) >= 11 is 6.73. The topological polar surface area (TPSA) is 185 Å². The number of urea groups is 1. The average Bonchev–Trinajstić information content (AvgIpc) is 4.05. The normalized spacial score (nSPS) is 24.1. The van der Waals surface area contributed by atoms with Crippen LogP contribution in [0, 0.1) is 29.2 Å². The van der Waals surface area contributed by atoms with Crippen LogP contribution in [-0.4, -0.2) is 112 Å². The number of rotatable bonds is 13. The van der Waals surface area contributed by atoms with Crippen LogP contribution in [0.15, 0.2) is 54.6 Å². The first kappa shape index (κ1) is 53.1. The number of aryl methyl sites for hydroxylation is 1. The van der Waals surface area contributed by atoms with Gasteiger partial charge in [-0.2, -0.15) is 5.10 Å². The molecule has 4 aliphatic heterocycles. The number of hydrogen-bond acceptors (Lipinski definition) is 10. The number of benzene rings is 4. The second-order valence-electron chi connectivity index (χ2n) is 21.6. The summed E-state index contributed by atoms with van der Waals surface area (Å²) in [5.74, 6) is -5.66. The van der Waals surface area contributed by atoms with Crippen molar-refractivity contribution in [2.75, 3.05) is 50.8 Å². The van der Waals surface area contributed by atoms with Gasteiger partial charge in [0.1, 0.15) is 29.5 Å². The van der Waals surface area contributed by atoms with Gasteiger partial charge in [0.2, 0.25) is 17.7 Å². The number of likely N-dealkylation sites (tertiary alicyclic amines) is 2. The highest BCUT2D eigenvalue weighted by Gasteiger charge is 2.51. The van der Waals surface area contributed by atoms with Gasteiger partial charge < -0.3 is 35.4 Å². The molecular weight excluding hydrogens is 1010 g/mol. The van der Waals surface area contributed by atoms with Gasteiger partial charge in [0.05, 0.1) is 22.6 Å². The van der Waals surface area contributed by atoms with Gasteiger partial charge in [0.25, 0.3) is 0 Å². The van der Waals surface area contributed by atoms with Gasteiger partial charge in [-0.05, 0) is 108 Å². The largest absolute Gasteiger partial charge is 0.488 e. The van der Waals surface area contributed by atoms with Gasteiger partial charge in [0.15, 0.2) is 28.8 Å². The molecule has 5 N–H and O–H groups in total. The average molecular weight is 1070 g/mol. The molecule has 1 aromatic heterocycles. The third-order valence-electron chi connectivity index (χ3n) is 16.8. The predicted molar refractivity (Wildman–Crippen MR) is 277 cm³/mol. The maximum absolute atomic E-state index is 16.5. The smallest absolute Gasteiger partial charge is 0.329 e. The van der Waals surface area contributed by atoms with Crippen LogP contribution in [0.25, 0.3) is 22.0 Å². The number of nitrogens with zero attached hydrogens (tertiary/aromatic N) is 5. The molecule has 404 valence electrons. The molecule has 20 heteroatoms. The molecule has 3 atom stereocenters. The van der Waals surface area contributed by atoms with Crippen molar-refractivity contribution >= 4 is 52.1 Å². The molecule has 0 bridgehead atoms. The Kier molecular flexibility index (Phi) is 14.6. The summed E-state index contributed by atoms with van der Waals surface area (Å²) in [4.78, 5) is 57.3. The molecule has 5 aromatic rings. The van der Waals surface area contributed by atoms with Crippen molar-refractivity contribution in [3.63, 3.8) is 0 Å². The highest BCUT2D eigenvalue weighted by Crippen LogP contribution is 2.57. The number of piperidine rings is 2. The molecule has 3 unspecified atom stereocenters. The summed E-state index contributed by atoms with van der Waals surface area (Å²) in [6.45, 7) is 7.67. The van der Waals surface area contributed by atoms with E-state index >= 15 is 17.6 Å². The molecule has 1 aliphatic carbocycles. The lowest BCUT2D eigenvalue weighted by Crippen LogP contribution is -2.59. The SMILES string of the molecule is CC1c2c(cc(F)c(Cl)c2-c2c(C(N)=O)ccc(OCCO)c2F)OC1(CNC1CCC(C(=O)N2CCC(N3CCC(c4c(F)cc5c(N6CCC(=O)NC6=O)nn(C)c5c4F)CC3)CC2(C)C)CC1)c1ccccc1. The maximum atomic E-state index is 16.5. The minimum atomic E-state index is -1.15. The Morgan fingerprint density at radius 2 is 1.64 bits per heavy atom. The minimum absolute atomic E-state index is 0.00573. The van der Waals surface area contributed by atoms with Crippen molar-refractivity contribution < 1.29 is 51.3 Å². The molecule has 76 heavy (non-hydrogen) atoms. The van der Waals surface area contributed by atoms with Crippen molar-refractivity contribution in [1.29, 1.82) is 0 Å². The van der Waals surface area contributed by atoms with E-state index in [0.717, 1.165) is 18.4 Å². The van der Waals surface area contributed by atoms with Crippen molar-refractivity contribution in [3.8, 4) is 22.6 Å². The molecule has 3 saturated heterocycles. The summed E-state index contributed by atoms with van der Waals surface area (Å²) in [6, 6.07) is 13.9. The standard InChI is InChI=1S/C56H63ClF4N8O7/c1-30-43-41(27-39(59)47(57)46(43)45-36(51(62)72)14-15-40(48(45)60)75-25-24-70)76-56(30,33-8-6-5-7-9-33)29-63-34-12-10-32(11-13-34)53(73)69-23-18-35(28-55(69,2)3)67-20-16-31(17-21-67)44-38(58)26-37-50(49(44)61)66(4)65-52(37)68-22-19-42(71)64-54(68)74/h5-9,14-15,26-27,30-32,34-35,63,70H,10-13,16-25,28-29H2,1-4H3,(H2,62,72)(H,64,71,74). The number of aliphatic hydroxyl groups is 1. The number of hydrogen-bond donors (Lipinski definition) is 4. The van der Waals surface area contributed by atoms with E-state index in [9.17, 15) is 24.3 Å². The first-order valence-electron chi connectivity index (χ1n) is 26.2. The molecule has 0 spiro atoms. The van der Waals surface area contributed by atoms with Gasteiger partial charge in [-0.3, -0.25) is 29.3 Å². The lowest BCUT2D eigenvalue weighted by Gasteiger charge is -2.50. The Morgan fingerprint density at radius 1 is 0.921 bits per heavy atom. The quantitative estimate of drug-likeness (QED) is 0.0834. The first-order valence-corrected chi connectivity index (χ1v) is 26.6. The monoisotopic (exact) mass is 1070 g/mol. The highest BCUT2D eigenvalue weighted by molar-refractivity contribution is 6.34. The van der Waals surface area contributed by atoms with Gasteiger partial charge in [-0.25, -0.2) is 22.4 Å². The zero-order valence-corrected chi connectivity index (χ0v) is 43.8. The third kappa shape index (κ3) is 9.44. The van der Waals surface area contributed by atoms with E-state index in [1.165, 1.54) is 33.8 Å². The van der Waals surface area contributed by atoms with Crippen LogP contribution in [0.1, 0.15) is 117 Å². The Labute approximate surface area is 443 Å². The lowest BCUT2D eigenvalue weighted by atomic mass is 9.77. The van der Waals surface area contributed by atoms with Gasteiger partial charge in [0, 0.05) is 90.9 Å². The fourth-order valence-electron chi connectivity index (χ4n) is 12.9. The second kappa shape index (κ2) is 20.9. The van der Waals surface area contributed by atoms with E-state index in [1.807, 2.05) is 42.2 Å². The van der Waals surface area contributed by atoms with Crippen LogP contribution in [0.5, 0.6) is 11.5 Å². The van der Waals surface area contributed by atoms with E-state index in [0.29, 0.717) is 63.7 Å². The first-order chi connectivity index (χ1) is 36.3. The van der Waals surface area contributed by atoms with E-state index in [-0.39, 0.29) is 106 Å². The van der Waals surface area contributed by atoms with Crippen molar-refractivity contribution in [3.05, 3.63) is 105 Å². The number of aromatic nitrogens is 2. The third-order valence-corrected chi connectivity index (χ3v) is 17.2. The number of aliphatic hydroxyl groups excluding tert-OH is 1. The Hall–Kier alpha value is -6.28. The van der Waals surface area contributed by atoms with Crippen LogP contribution in [0.2, 0.25) is 5.02 Å². The molecule has 5 amide bonds. The number of imide groups is 1. The fourth-order valence-corrected chi connectivity index (χ4v) is 13.1. The van der Waals surface area contributed by atoms with Crippen LogP contribution in [-0.2, 0) is 22.2 Å². The molecular formula is C56H63ClF4N8O7. The summed E-state index contributed by atoms with van der Waals surface area (Å²) in [5.41, 5.74) is 4.82. The molecule has 0 radical (unpaired) electrons. The van der Waals surface area contributed by atoms with Crippen molar-refractivity contribution in [2.45, 2.75) is 114 Å². The summed E-state index contributed by atoms with van der Waals surface area (Å²) in [5, 5.41) is 19.5. The summed E-state index contributed by atoms with van der Waals surface area (Å²) in [6.07, 6.45) is 5.42. The number of halogens is 5. The number of nitrogens with two attached hydrogens (primary N) is 1. The number of carbonyl (C=O) groups excluding carboxylic acids is 4. The van der Waals surface area contributed by atoms with Gasteiger partial charge in [-0.15, -0.1) is 0 Å². The molecule has 5 aliphatic rings. The van der Waals surface area contributed by atoms with E-state index < -0.39 is 69.8 Å². The van der Waals surface area contributed by atoms with Crippen LogP contribution >= 0.6 is 11.6 Å². The Balaban J connectivity index is 0.780. The molecule has 15 nitrogen and oxygen atoms in total. The van der Waals surface area contributed by atoms with E-state index in [2.05, 4.69) is 34.5 Å². The molecule has 4 fully saturated rings. The van der Waals surface area contributed by atoms with Crippen LogP contribution in [0.3, 0.4) is 0 Å². The number of anilines is 1. The second-order valence-corrected chi connectivity index (χ2v) is 22.0. The van der Waals surface area contributed by atoms with E-state index in [1.54, 1.807) is 7.05 Å². The van der Waals surface area contributed by atoms with E-state index in [4.69, 9.17) is 26.8 Å². The Bertz CT molecular complexity index is 3110. The number of fused-ring (bicyclic) bond motifs is 2. The summed E-state index contributed by atoms with van der Waals surface area (Å²) < 4.78 is 78.4. The fraction of sp³-hybridized carbons (Fsp3) is 0.482.